The van der Waals surface area contributed by atoms with E-state index in [4.69, 9.17) is 0 Å². The molecule has 3 heteroatoms. The molecule has 1 saturated heterocycles. The van der Waals surface area contributed by atoms with E-state index in [1.807, 2.05) is 0 Å². The van der Waals surface area contributed by atoms with Gasteiger partial charge in [-0.3, -0.25) is 0 Å². The number of nitrogens with zero attached hydrogens (tertiary/aromatic N) is 2. The van der Waals surface area contributed by atoms with Crippen molar-refractivity contribution >= 4 is 5.71 Å². The van der Waals surface area contributed by atoms with Crippen LogP contribution in [-0.2, 0) is 0 Å². The molecule has 0 aromatic heterocycles. The van der Waals surface area contributed by atoms with E-state index in [1.165, 1.54) is 16.8 Å². The van der Waals surface area contributed by atoms with Crippen LogP contribution in [0.4, 0.5) is 0 Å². The van der Waals surface area contributed by atoms with Crippen LogP contribution in [0.25, 0.3) is 0 Å². The van der Waals surface area contributed by atoms with Crippen molar-refractivity contribution in [1.29, 1.82) is 0 Å². The minimum absolute atomic E-state index is 0.370. The maximum atomic E-state index is 4.55. The van der Waals surface area contributed by atoms with Gasteiger partial charge in [-0.25, -0.2) is 0 Å². The molecule has 2 aliphatic heterocycles. The van der Waals surface area contributed by atoms with Crippen LogP contribution >= 0.6 is 0 Å². The Kier molecular flexibility index (Phi) is 3.08. The lowest BCUT2D eigenvalue weighted by Gasteiger charge is -2.32. The summed E-state index contributed by atoms with van der Waals surface area (Å²) < 4.78 is 0. The lowest BCUT2D eigenvalue weighted by atomic mass is 9.86. The van der Waals surface area contributed by atoms with Crippen LogP contribution in [0.5, 0.6) is 0 Å². The van der Waals surface area contributed by atoms with Gasteiger partial charge < -0.3 is 10.3 Å². The Bertz CT molecular complexity index is 467. The molecule has 0 radical (unpaired) electrons. The first-order valence-corrected chi connectivity index (χ1v) is 6.89. The molecule has 18 heavy (non-hydrogen) atoms. The number of hydrazone groups is 1. The number of fused-ring (bicyclic) bond motifs is 1. The van der Waals surface area contributed by atoms with E-state index in [1.54, 1.807) is 0 Å². The van der Waals surface area contributed by atoms with Gasteiger partial charge in [0.15, 0.2) is 0 Å². The number of nitrogens with one attached hydrogen (secondary N) is 1. The average Bonchev–Trinajstić information content (AvgIpc) is 2.81. The van der Waals surface area contributed by atoms with Crippen LogP contribution in [0.1, 0.15) is 30.5 Å². The van der Waals surface area contributed by atoms with Gasteiger partial charge in [0.1, 0.15) is 0 Å². The molecule has 1 aromatic rings. The lowest BCUT2D eigenvalue weighted by Crippen LogP contribution is -2.41. The fourth-order valence-electron chi connectivity index (χ4n) is 3.07. The summed E-state index contributed by atoms with van der Waals surface area (Å²) in [5.41, 5.74) is 7.41. The van der Waals surface area contributed by atoms with Crippen LogP contribution in [0, 0.1) is 12.8 Å². The van der Waals surface area contributed by atoms with Crippen molar-refractivity contribution in [3.05, 3.63) is 35.4 Å². The summed E-state index contributed by atoms with van der Waals surface area (Å²) in [5, 5.41) is 4.55. The molecule has 96 valence electrons. The van der Waals surface area contributed by atoms with E-state index >= 15 is 0 Å². The Morgan fingerprint density at radius 1 is 1.44 bits per heavy atom. The van der Waals surface area contributed by atoms with Crippen molar-refractivity contribution in [3.63, 3.8) is 0 Å². The smallest absolute Gasteiger partial charge is 0.0782 e. The third-order valence-electron chi connectivity index (χ3n) is 4.17. The monoisotopic (exact) mass is 243 g/mol. The first-order valence-electron chi connectivity index (χ1n) is 6.89. The highest BCUT2D eigenvalue weighted by Gasteiger charge is 2.36. The second kappa shape index (κ2) is 4.73. The molecule has 1 N–H and O–H groups in total. The molecule has 0 bridgehead atoms. The van der Waals surface area contributed by atoms with Gasteiger partial charge in [-0.15, -0.1) is 0 Å². The fraction of sp³-hybridized carbons (Fsp3) is 0.533. The van der Waals surface area contributed by atoms with Crippen molar-refractivity contribution in [2.75, 3.05) is 19.6 Å². The second-order valence-electron chi connectivity index (χ2n) is 5.37. The van der Waals surface area contributed by atoms with E-state index in [9.17, 15) is 0 Å². The molecule has 3 rings (SSSR count). The molecule has 2 aliphatic rings. The van der Waals surface area contributed by atoms with E-state index in [-0.39, 0.29) is 0 Å². The van der Waals surface area contributed by atoms with Crippen molar-refractivity contribution < 1.29 is 0 Å². The summed E-state index contributed by atoms with van der Waals surface area (Å²) in [5.74, 6) is 0.556. The molecule has 3 nitrogen and oxygen atoms in total. The van der Waals surface area contributed by atoms with E-state index in [0.717, 1.165) is 26.1 Å². The number of likely N-dealkylation sites (tertiary alicyclic amines) is 1. The highest BCUT2D eigenvalue weighted by Crippen LogP contribution is 2.32. The summed E-state index contributed by atoms with van der Waals surface area (Å²) >= 11 is 0. The topological polar surface area (TPSA) is 27.6 Å². The first kappa shape index (κ1) is 11.7. The average molecular weight is 243 g/mol. The van der Waals surface area contributed by atoms with E-state index < -0.39 is 0 Å². The van der Waals surface area contributed by atoms with Crippen LogP contribution in [0.15, 0.2) is 29.4 Å². The number of piperidine rings is 1. The Labute approximate surface area is 109 Å². The predicted octanol–water partition coefficient (Wildman–Crippen LogP) is 2.34. The van der Waals surface area contributed by atoms with E-state index in [2.05, 4.69) is 53.5 Å². The maximum Gasteiger partial charge on any atom is 0.0782 e. The fourth-order valence-corrected chi connectivity index (χ4v) is 3.07. The second-order valence-corrected chi connectivity index (χ2v) is 5.37. The zero-order chi connectivity index (χ0) is 12.5. The van der Waals surface area contributed by atoms with Crippen LogP contribution in [0.3, 0.4) is 0 Å². The molecule has 0 spiro atoms. The predicted molar refractivity (Wildman–Crippen MR) is 74.7 cm³/mol. The van der Waals surface area contributed by atoms with E-state index in [0.29, 0.717) is 12.0 Å². The van der Waals surface area contributed by atoms with Gasteiger partial charge in [0.2, 0.25) is 0 Å². The third kappa shape index (κ3) is 2.03. The molecule has 2 heterocycles. The van der Waals surface area contributed by atoms with Gasteiger partial charge in [0.05, 0.1) is 6.04 Å². The Morgan fingerprint density at radius 2 is 2.33 bits per heavy atom. The summed E-state index contributed by atoms with van der Waals surface area (Å²) in [4.78, 5) is 2.53. The molecular weight excluding hydrogens is 222 g/mol. The molecule has 0 amide bonds. The summed E-state index contributed by atoms with van der Waals surface area (Å²) in [6, 6.07) is 9.16. The van der Waals surface area contributed by atoms with Crippen molar-refractivity contribution in [2.45, 2.75) is 26.3 Å². The number of hydrogen-bond donors (Lipinski definition) is 1. The minimum Gasteiger partial charge on any atom is -0.302 e. The quantitative estimate of drug-likeness (QED) is 0.863. The summed E-state index contributed by atoms with van der Waals surface area (Å²) in [7, 11) is 0. The first-order chi connectivity index (χ1) is 8.78. The Hall–Kier alpha value is -1.35. The summed E-state index contributed by atoms with van der Waals surface area (Å²) in [6.45, 7) is 7.84. The normalized spacial score (nSPS) is 27.6. The molecule has 0 aliphatic carbocycles. The highest BCUT2D eigenvalue weighted by atomic mass is 15.4. The zero-order valence-electron chi connectivity index (χ0n) is 11.2. The number of benzene rings is 1. The van der Waals surface area contributed by atoms with Crippen LogP contribution in [0.2, 0.25) is 0 Å². The molecule has 0 saturated carbocycles. The molecular formula is C15H21N3. The largest absolute Gasteiger partial charge is 0.302 e. The van der Waals surface area contributed by atoms with Crippen molar-refractivity contribution in [3.8, 4) is 0 Å². The maximum absolute atomic E-state index is 4.55. The number of rotatable bonds is 2. The minimum atomic E-state index is 0.370. The zero-order valence-corrected chi connectivity index (χ0v) is 11.2. The number of hydrogen-bond acceptors (Lipinski definition) is 3. The van der Waals surface area contributed by atoms with Crippen molar-refractivity contribution in [1.82, 2.24) is 10.3 Å². The van der Waals surface area contributed by atoms with Gasteiger partial charge in [-0.05, 0) is 19.0 Å². The van der Waals surface area contributed by atoms with Crippen LogP contribution < -0.4 is 5.43 Å². The van der Waals surface area contributed by atoms with Gasteiger partial charge >= 0.3 is 0 Å². The standard InChI is InChI=1S/C15H21N3/c1-3-18-8-7-14-13(10-18)15(17-16-14)12-6-4-5-11(2)9-12/h4-6,9,13,15,17H,3,7-8,10H2,1-2H3. The van der Waals surface area contributed by atoms with Gasteiger partial charge in [-0.1, -0.05) is 36.8 Å². The molecule has 2 atom stereocenters. The number of aryl methyl sites for hydroxylation is 1. The molecule has 1 aromatic carbocycles. The van der Waals surface area contributed by atoms with Gasteiger partial charge in [0, 0.05) is 31.1 Å². The SMILES string of the molecule is CCN1CCC2=NNC(c3cccc(C)c3)C2C1. The van der Waals surface area contributed by atoms with Gasteiger partial charge in [-0.2, -0.15) is 5.10 Å². The lowest BCUT2D eigenvalue weighted by molar-refractivity contribution is 0.238. The third-order valence-corrected chi connectivity index (χ3v) is 4.17. The highest BCUT2D eigenvalue weighted by molar-refractivity contribution is 5.89. The molecule has 2 unspecified atom stereocenters. The summed E-state index contributed by atoms with van der Waals surface area (Å²) in [6.07, 6.45) is 1.12. The van der Waals surface area contributed by atoms with Gasteiger partial charge in [0.25, 0.3) is 0 Å². The Morgan fingerprint density at radius 3 is 3.11 bits per heavy atom. The van der Waals surface area contributed by atoms with Crippen LogP contribution in [-0.4, -0.2) is 30.2 Å². The molecule has 1 fully saturated rings. The van der Waals surface area contributed by atoms with Crippen molar-refractivity contribution in [2.24, 2.45) is 11.0 Å². The Balaban J connectivity index is 1.83.